The summed E-state index contributed by atoms with van der Waals surface area (Å²) in [6.45, 7) is 0. The molecule has 0 saturated heterocycles. The summed E-state index contributed by atoms with van der Waals surface area (Å²) in [5.41, 5.74) is 2.11. The van der Waals surface area contributed by atoms with E-state index in [0.717, 1.165) is 11.3 Å². The summed E-state index contributed by atoms with van der Waals surface area (Å²) in [4.78, 5) is 10.4. The van der Waals surface area contributed by atoms with E-state index in [1.165, 1.54) is 0 Å². The predicted octanol–water partition coefficient (Wildman–Crippen LogP) is 2.86. The number of benzene rings is 1. The van der Waals surface area contributed by atoms with Crippen molar-refractivity contribution in [3.63, 3.8) is 0 Å². The van der Waals surface area contributed by atoms with Gasteiger partial charge in [-0.25, -0.2) is 9.97 Å². The number of nitrogens with zero attached hydrogens (tertiary/aromatic N) is 3. The molecule has 0 aliphatic rings. The van der Waals surface area contributed by atoms with Crippen molar-refractivity contribution in [3.05, 3.63) is 41.7 Å². The van der Waals surface area contributed by atoms with Gasteiger partial charge in [0.05, 0.1) is 0 Å². The topological polar surface area (TPSA) is 29.0 Å². The minimum atomic E-state index is 0.460. The second kappa shape index (κ2) is 4.49. The average molecular weight is 234 g/mol. The molecular formula is C12H12ClN3. The van der Waals surface area contributed by atoms with Crippen molar-refractivity contribution in [2.75, 3.05) is 19.0 Å². The van der Waals surface area contributed by atoms with E-state index in [9.17, 15) is 0 Å². The Labute approximate surface area is 99.7 Å². The maximum Gasteiger partial charge on any atom is 0.160 e. The molecule has 2 aromatic rings. The highest BCUT2D eigenvalue weighted by molar-refractivity contribution is 6.29. The summed E-state index contributed by atoms with van der Waals surface area (Å²) < 4.78 is 0. The summed E-state index contributed by atoms with van der Waals surface area (Å²) >= 11 is 5.82. The van der Waals surface area contributed by atoms with Crippen LogP contribution in [0.15, 0.2) is 36.5 Å². The number of hydrogen-bond donors (Lipinski definition) is 0. The van der Waals surface area contributed by atoms with E-state index in [1.807, 2.05) is 43.3 Å². The van der Waals surface area contributed by atoms with Crippen LogP contribution in [-0.2, 0) is 0 Å². The molecule has 16 heavy (non-hydrogen) atoms. The van der Waals surface area contributed by atoms with Crippen molar-refractivity contribution >= 4 is 17.3 Å². The largest absolute Gasteiger partial charge is 0.378 e. The molecule has 0 aliphatic heterocycles. The van der Waals surface area contributed by atoms with Gasteiger partial charge in [0.25, 0.3) is 0 Å². The summed E-state index contributed by atoms with van der Waals surface area (Å²) in [6, 6.07) is 9.69. The third-order valence-corrected chi connectivity index (χ3v) is 2.47. The highest BCUT2D eigenvalue weighted by Crippen LogP contribution is 2.19. The van der Waals surface area contributed by atoms with Crippen LogP contribution in [0.5, 0.6) is 0 Å². The van der Waals surface area contributed by atoms with Gasteiger partial charge in [0.2, 0.25) is 0 Å². The van der Waals surface area contributed by atoms with Crippen LogP contribution in [0, 0.1) is 0 Å². The molecule has 4 heteroatoms. The van der Waals surface area contributed by atoms with E-state index in [-0.39, 0.29) is 0 Å². The van der Waals surface area contributed by atoms with Gasteiger partial charge in [-0.1, -0.05) is 11.6 Å². The van der Waals surface area contributed by atoms with E-state index >= 15 is 0 Å². The summed E-state index contributed by atoms with van der Waals surface area (Å²) in [7, 11) is 4.01. The molecule has 1 aromatic heterocycles. The zero-order chi connectivity index (χ0) is 11.5. The second-order valence-corrected chi connectivity index (χ2v) is 4.03. The fourth-order valence-corrected chi connectivity index (χ4v) is 1.52. The third kappa shape index (κ3) is 2.31. The highest BCUT2D eigenvalue weighted by atomic mass is 35.5. The normalized spacial score (nSPS) is 10.2. The molecule has 0 N–H and O–H groups in total. The molecule has 1 heterocycles. The van der Waals surface area contributed by atoms with Crippen LogP contribution in [0.2, 0.25) is 5.15 Å². The molecule has 0 saturated carbocycles. The van der Waals surface area contributed by atoms with Crippen LogP contribution in [0.1, 0.15) is 0 Å². The van der Waals surface area contributed by atoms with E-state index in [4.69, 9.17) is 11.6 Å². The first-order chi connectivity index (χ1) is 7.66. The molecule has 0 atom stereocenters. The van der Waals surface area contributed by atoms with Crippen LogP contribution >= 0.6 is 11.6 Å². The molecule has 0 amide bonds. The fourth-order valence-electron chi connectivity index (χ4n) is 1.38. The third-order valence-electron chi connectivity index (χ3n) is 2.26. The lowest BCUT2D eigenvalue weighted by molar-refractivity contribution is 1.13. The summed E-state index contributed by atoms with van der Waals surface area (Å²) in [6.07, 6.45) is 1.66. The van der Waals surface area contributed by atoms with Gasteiger partial charge in [-0.05, 0) is 30.3 Å². The molecule has 0 unspecified atom stereocenters. The number of halogens is 1. The van der Waals surface area contributed by atoms with Crippen molar-refractivity contribution in [3.8, 4) is 11.4 Å². The van der Waals surface area contributed by atoms with Gasteiger partial charge in [-0.2, -0.15) is 0 Å². The Hall–Kier alpha value is -1.61. The van der Waals surface area contributed by atoms with E-state index in [0.29, 0.717) is 11.0 Å². The molecule has 3 nitrogen and oxygen atoms in total. The smallest absolute Gasteiger partial charge is 0.160 e. The van der Waals surface area contributed by atoms with Gasteiger partial charge < -0.3 is 4.90 Å². The standard InChI is InChI=1S/C12H12ClN3/c1-16(2)10-5-3-9(4-6-10)12-14-8-7-11(13)15-12/h3-8H,1-2H3. The summed E-state index contributed by atoms with van der Waals surface area (Å²) in [5, 5.41) is 0.460. The Morgan fingerprint density at radius 3 is 2.31 bits per heavy atom. The second-order valence-electron chi connectivity index (χ2n) is 3.64. The molecule has 0 radical (unpaired) electrons. The number of anilines is 1. The first-order valence-electron chi connectivity index (χ1n) is 4.93. The van der Waals surface area contributed by atoms with Gasteiger partial charge in [0, 0.05) is 31.5 Å². The first-order valence-corrected chi connectivity index (χ1v) is 5.31. The Morgan fingerprint density at radius 2 is 1.75 bits per heavy atom. The van der Waals surface area contributed by atoms with E-state index in [2.05, 4.69) is 9.97 Å². The highest BCUT2D eigenvalue weighted by Gasteiger charge is 2.02. The summed E-state index contributed by atoms with van der Waals surface area (Å²) in [5.74, 6) is 0.651. The minimum absolute atomic E-state index is 0.460. The van der Waals surface area contributed by atoms with Crippen LogP contribution in [-0.4, -0.2) is 24.1 Å². The monoisotopic (exact) mass is 233 g/mol. The van der Waals surface area contributed by atoms with Gasteiger partial charge in [-0.3, -0.25) is 0 Å². The van der Waals surface area contributed by atoms with E-state index in [1.54, 1.807) is 12.3 Å². The number of aromatic nitrogens is 2. The Balaban J connectivity index is 2.35. The van der Waals surface area contributed by atoms with Crippen molar-refractivity contribution in [2.24, 2.45) is 0 Å². The lowest BCUT2D eigenvalue weighted by atomic mass is 10.2. The molecule has 1 aromatic carbocycles. The maximum atomic E-state index is 5.82. The zero-order valence-electron chi connectivity index (χ0n) is 9.18. The van der Waals surface area contributed by atoms with Crippen molar-refractivity contribution < 1.29 is 0 Å². The van der Waals surface area contributed by atoms with Crippen molar-refractivity contribution in [1.82, 2.24) is 9.97 Å². The lowest BCUT2D eigenvalue weighted by Crippen LogP contribution is -2.07. The Morgan fingerprint density at radius 1 is 1.06 bits per heavy atom. The van der Waals surface area contributed by atoms with Crippen LogP contribution in [0.4, 0.5) is 5.69 Å². The van der Waals surface area contributed by atoms with Gasteiger partial charge in [-0.15, -0.1) is 0 Å². The number of hydrogen-bond acceptors (Lipinski definition) is 3. The molecule has 0 spiro atoms. The first kappa shape index (κ1) is 10.9. The van der Waals surface area contributed by atoms with E-state index < -0.39 is 0 Å². The molecule has 82 valence electrons. The average Bonchev–Trinajstić information content (AvgIpc) is 2.29. The van der Waals surface area contributed by atoms with Crippen LogP contribution in [0.3, 0.4) is 0 Å². The quantitative estimate of drug-likeness (QED) is 0.747. The predicted molar refractivity (Wildman–Crippen MR) is 66.8 cm³/mol. The lowest BCUT2D eigenvalue weighted by Gasteiger charge is -2.12. The molecule has 0 aliphatic carbocycles. The van der Waals surface area contributed by atoms with Crippen LogP contribution in [0.25, 0.3) is 11.4 Å². The SMILES string of the molecule is CN(C)c1ccc(-c2nccc(Cl)n2)cc1. The molecule has 0 bridgehead atoms. The Kier molecular flexibility index (Phi) is 3.06. The molecule has 0 fully saturated rings. The van der Waals surface area contributed by atoms with Gasteiger partial charge >= 0.3 is 0 Å². The molecular weight excluding hydrogens is 222 g/mol. The zero-order valence-corrected chi connectivity index (χ0v) is 9.94. The molecule has 2 rings (SSSR count). The van der Waals surface area contributed by atoms with Crippen molar-refractivity contribution in [1.29, 1.82) is 0 Å². The van der Waals surface area contributed by atoms with Gasteiger partial charge in [0.15, 0.2) is 5.82 Å². The van der Waals surface area contributed by atoms with Crippen LogP contribution < -0.4 is 4.90 Å². The Bertz CT molecular complexity index is 480. The maximum absolute atomic E-state index is 5.82. The van der Waals surface area contributed by atoms with Gasteiger partial charge in [0.1, 0.15) is 5.15 Å². The van der Waals surface area contributed by atoms with Crippen molar-refractivity contribution in [2.45, 2.75) is 0 Å². The number of rotatable bonds is 2. The fraction of sp³-hybridized carbons (Fsp3) is 0.167. The minimum Gasteiger partial charge on any atom is -0.378 e.